The average molecular weight is 320 g/mol. The molecule has 0 aliphatic carbocycles. The summed E-state index contributed by atoms with van der Waals surface area (Å²) in [6, 6.07) is 0. The van der Waals surface area contributed by atoms with E-state index in [0.29, 0.717) is 0 Å². The summed E-state index contributed by atoms with van der Waals surface area (Å²) in [5, 5.41) is 45.0. The van der Waals surface area contributed by atoms with Crippen LogP contribution in [0.5, 0.6) is 0 Å². The molecule has 0 aromatic carbocycles. The van der Waals surface area contributed by atoms with E-state index in [1.54, 1.807) is 0 Å². The minimum Gasteiger partial charge on any atom is -0.478 e. The molecule has 120 valence electrons. The van der Waals surface area contributed by atoms with Crippen molar-refractivity contribution < 1.29 is 49.5 Å². The molecule has 0 saturated carbocycles. The second-order valence-corrected chi connectivity index (χ2v) is 3.75. The van der Waals surface area contributed by atoms with Crippen LogP contribution in [-0.4, -0.2) is 83.2 Å². The third-order valence-corrected chi connectivity index (χ3v) is 2.62. The maximum absolute atomic E-state index is 11.4. The molecule has 0 fully saturated rings. The summed E-state index contributed by atoms with van der Waals surface area (Å²) in [6.45, 7) is 0. The van der Waals surface area contributed by atoms with E-state index in [9.17, 15) is 24.0 Å². The summed E-state index contributed by atoms with van der Waals surface area (Å²) >= 11 is 0. The molecule has 0 bridgehead atoms. The van der Waals surface area contributed by atoms with Crippen LogP contribution in [0.2, 0.25) is 0 Å². The van der Waals surface area contributed by atoms with Gasteiger partial charge in [0.2, 0.25) is 12.1 Å². The van der Waals surface area contributed by atoms with Crippen LogP contribution in [0.15, 0.2) is 4.99 Å². The zero-order valence-corrected chi connectivity index (χ0v) is 10.3. The average Bonchev–Trinajstić information content (AvgIpc) is 2.34. The third-order valence-electron chi connectivity index (χ3n) is 2.62. The molecule has 1 atom stereocenters. The van der Waals surface area contributed by atoms with Crippen molar-refractivity contribution in [1.29, 1.82) is 0 Å². The first-order valence-electron chi connectivity index (χ1n) is 5.07. The van der Waals surface area contributed by atoms with Crippen LogP contribution < -0.4 is 5.73 Å². The summed E-state index contributed by atoms with van der Waals surface area (Å²) in [6.07, 6.45) is -7.18. The van der Waals surface area contributed by atoms with Crippen molar-refractivity contribution in [2.24, 2.45) is 10.7 Å². The van der Waals surface area contributed by atoms with Gasteiger partial charge in [0, 0.05) is 0 Å². The Morgan fingerprint density at radius 3 is 1.68 bits per heavy atom. The zero-order valence-electron chi connectivity index (χ0n) is 10.3. The molecule has 1 rings (SSSR count). The highest BCUT2D eigenvalue weighted by Crippen LogP contribution is 2.30. The number of aliphatic imine (C=N–C) groups is 1. The van der Waals surface area contributed by atoms with E-state index < -0.39 is 57.7 Å². The lowest BCUT2D eigenvalue weighted by molar-refractivity contribution is -0.182. The molecule has 1 unspecified atom stereocenters. The van der Waals surface area contributed by atoms with Crippen molar-refractivity contribution in [3.05, 3.63) is 0 Å². The quantitative estimate of drug-likeness (QED) is 0.298. The zero-order chi connectivity index (χ0) is 17.4. The van der Waals surface area contributed by atoms with E-state index in [1.165, 1.54) is 0 Å². The Morgan fingerprint density at radius 2 is 1.41 bits per heavy atom. The highest BCUT2D eigenvalue weighted by molar-refractivity contribution is 6.14. The largest absolute Gasteiger partial charge is 0.478 e. The molecule has 0 radical (unpaired) electrons. The summed E-state index contributed by atoms with van der Waals surface area (Å²) in [5.74, 6) is -8.34. The molecule has 0 aromatic heterocycles. The third kappa shape index (κ3) is 1.98. The number of amides is 2. The van der Waals surface area contributed by atoms with Crippen molar-refractivity contribution >= 4 is 36.1 Å². The Morgan fingerprint density at radius 1 is 0.955 bits per heavy atom. The van der Waals surface area contributed by atoms with Gasteiger partial charge in [0.15, 0.2) is 0 Å². The molecule has 0 spiro atoms. The lowest BCUT2D eigenvalue weighted by Crippen LogP contribution is -2.79. The van der Waals surface area contributed by atoms with E-state index in [-0.39, 0.29) is 0 Å². The Bertz CT molecular complexity index is 598. The first kappa shape index (κ1) is 16.5. The van der Waals surface area contributed by atoms with Crippen molar-refractivity contribution in [3.8, 4) is 0 Å². The van der Waals surface area contributed by atoms with Gasteiger partial charge >= 0.3 is 35.8 Å². The van der Waals surface area contributed by atoms with Crippen molar-refractivity contribution in [3.63, 3.8) is 0 Å². The van der Waals surface area contributed by atoms with Crippen LogP contribution in [0.1, 0.15) is 0 Å². The van der Waals surface area contributed by atoms with Gasteiger partial charge in [-0.1, -0.05) is 0 Å². The molecular formula is C8H8N4O10. The molecule has 22 heavy (non-hydrogen) atoms. The van der Waals surface area contributed by atoms with Crippen LogP contribution in [0.3, 0.4) is 0 Å². The molecule has 1 aliphatic rings. The van der Waals surface area contributed by atoms with Gasteiger partial charge in [-0.15, -0.1) is 0 Å². The maximum Gasteiger partial charge on any atom is 0.417 e. The molecule has 1 heterocycles. The van der Waals surface area contributed by atoms with E-state index in [0.717, 1.165) is 0 Å². The first-order valence-corrected chi connectivity index (χ1v) is 5.07. The summed E-state index contributed by atoms with van der Waals surface area (Å²) in [4.78, 5) is 57.8. The Hall–Kier alpha value is -3.58. The maximum atomic E-state index is 11.4. The lowest BCUT2D eigenvalue weighted by atomic mass is 10.0. The van der Waals surface area contributed by atoms with Gasteiger partial charge in [0.1, 0.15) is 0 Å². The number of hydrogen-bond donors (Lipinski definition) is 6. The summed E-state index contributed by atoms with van der Waals surface area (Å²) < 4.78 is 0. The fourth-order valence-electron chi connectivity index (χ4n) is 1.83. The van der Waals surface area contributed by atoms with E-state index in [1.807, 2.05) is 0 Å². The van der Waals surface area contributed by atoms with Gasteiger partial charge in [0.05, 0.1) is 0 Å². The monoisotopic (exact) mass is 320 g/mol. The number of carboxylic acid groups (broad SMARTS) is 5. The first-order chi connectivity index (χ1) is 9.99. The van der Waals surface area contributed by atoms with Gasteiger partial charge in [-0.25, -0.2) is 38.8 Å². The topological polar surface area (TPSA) is 231 Å². The van der Waals surface area contributed by atoms with Gasteiger partial charge in [0.25, 0.3) is 0 Å². The lowest BCUT2D eigenvalue weighted by Gasteiger charge is -2.44. The standard InChI is InChI=1S/C8H8N4O10/c9-5-10-1(2(13)14)11(6(19)20)8(3(15)16,4(17)18)12(5)7(21)22/h1H,(H2,9,10)(H,13,14)(H,15,16)(H,17,18)(H,19,20)(H,21,22). The minimum absolute atomic E-state index is 0.564. The number of carbonyl (C=O) groups is 5. The molecule has 14 heteroatoms. The number of nitrogens with two attached hydrogens (primary N) is 1. The molecule has 14 nitrogen and oxygen atoms in total. The molecule has 2 amide bonds. The molecule has 0 saturated heterocycles. The normalized spacial score (nSPS) is 20.0. The Balaban J connectivity index is 3.89. The van der Waals surface area contributed by atoms with E-state index in [2.05, 4.69) is 4.99 Å². The SMILES string of the molecule is NC1=NC(C(=O)O)N(C(=O)O)C(C(=O)O)(C(=O)O)N1C(=O)O. The number of rotatable bonds is 3. The minimum atomic E-state index is -3.85. The number of carboxylic acids is 3. The van der Waals surface area contributed by atoms with Gasteiger partial charge < -0.3 is 31.3 Å². The summed E-state index contributed by atoms with van der Waals surface area (Å²) in [5.41, 5.74) is 1.25. The number of hydrogen-bond acceptors (Lipinski definition) is 7. The number of nitrogens with zero attached hydrogens (tertiary/aromatic N) is 3. The second-order valence-electron chi connectivity index (χ2n) is 3.75. The Labute approximate surface area is 119 Å². The van der Waals surface area contributed by atoms with Crippen LogP contribution in [0.25, 0.3) is 0 Å². The van der Waals surface area contributed by atoms with Crippen LogP contribution in [-0.2, 0) is 14.4 Å². The predicted octanol–water partition coefficient (Wildman–Crippen LogP) is -2.45. The summed E-state index contributed by atoms with van der Waals surface area (Å²) in [7, 11) is 0. The smallest absolute Gasteiger partial charge is 0.417 e. The highest BCUT2D eigenvalue weighted by Gasteiger charge is 2.67. The predicted molar refractivity (Wildman–Crippen MR) is 60.8 cm³/mol. The molecular weight excluding hydrogens is 312 g/mol. The van der Waals surface area contributed by atoms with Gasteiger partial charge in [-0.2, -0.15) is 0 Å². The van der Waals surface area contributed by atoms with Crippen molar-refractivity contribution in [2.75, 3.05) is 0 Å². The van der Waals surface area contributed by atoms with E-state index in [4.69, 9.17) is 31.3 Å². The Kier molecular flexibility index (Phi) is 3.80. The van der Waals surface area contributed by atoms with Crippen LogP contribution in [0, 0.1) is 0 Å². The molecule has 1 aliphatic heterocycles. The van der Waals surface area contributed by atoms with Gasteiger partial charge in [-0.3, -0.25) is 0 Å². The fourth-order valence-corrected chi connectivity index (χ4v) is 1.83. The van der Waals surface area contributed by atoms with Crippen molar-refractivity contribution in [1.82, 2.24) is 9.80 Å². The van der Waals surface area contributed by atoms with Crippen LogP contribution in [0.4, 0.5) is 9.59 Å². The molecule has 0 aromatic rings. The second kappa shape index (κ2) is 5.08. The highest BCUT2D eigenvalue weighted by atomic mass is 16.4. The van der Waals surface area contributed by atoms with Crippen molar-refractivity contribution in [2.45, 2.75) is 11.8 Å². The number of aliphatic carboxylic acids is 3. The number of guanidine groups is 1. The molecule has 7 N–H and O–H groups in total. The fraction of sp³-hybridized carbons (Fsp3) is 0.250. The van der Waals surface area contributed by atoms with Gasteiger partial charge in [-0.05, 0) is 0 Å². The van der Waals surface area contributed by atoms with Crippen LogP contribution >= 0.6 is 0 Å². The van der Waals surface area contributed by atoms with E-state index >= 15 is 0 Å².